The van der Waals surface area contributed by atoms with E-state index in [0.717, 1.165) is 12.8 Å². The van der Waals surface area contributed by atoms with E-state index in [1.54, 1.807) is 31.4 Å². The first-order valence-corrected chi connectivity index (χ1v) is 22.5. The van der Waals surface area contributed by atoms with Crippen LogP contribution in [0.15, 0.2) is 120 Å². The number of ether oxygens (including phenoxy) is 5. The maximum absolute atomic E-state index is 14.4. The fourth-order valence-corrected chi connectivity index (χ4v) is 15.6. The van der Waals surface area contributed by atoms with Crippen molar-refractivity contribution in [3.63, 3.8) is 0 Å². The Morgan fingerprint density at radius 3 is 2.15 bits per heavy atom. The molecule has 3 saturated heterocycles. The normalized spacial score (nSPS) is 31.8. The van der Waals surface area contributed by atoms with Gasteiger partial charge in [0.15, 0.2) is 27.7 Å². The number of hydrogen-bond donors (Lipinski definition) is 0. The smallest absolute Gasteiger partial charge is 0.261 e. The van der Waals surface area contributed by atoms with Gasteiger partial charge in [0, 0.05) is 32.5 Å². The molecule has 3 aromatic rings. The third-order valence-electron chi connectivity index (χ3n) is 11.4. The monoisotopic (exact) mass is 758 g/mol. The summed E-state index contributed by atoms with van der Waals surface area (Å²) < 4.78 is 68.0. The molecule has 284 valence electrons. The summed E-state index contributed by atoms with van der Waals surface area (Å²) in [5.41, 5.74) is 0. The standard InChI is InChI=1S/C43H54O8SSi/c1-32-29-37-38(30-40(46-5)48-37)50-43(32)39(52(44,45)34-21-11-6-12-22-34)31-42(51-43)27-18-20-33(49-42)19-10-9-17-28-47-53(41(2,3)4,35-23-13-7-14-24-35)36-25-15-8-16-26-36/h6-8,10-16,18-19,21-27,32-33,37-40H,9,17,20,28-31H2,1-5H3/b19-10+/t32?,33-,37+,38+,39?,40-,42-,43-/m1/s1. The lowest BCUT2D eigenvalue weighted by Crippen LogP contribution is -2.66. The average Bonchev–Trinajstić information content (AvgIpc) is 3.70. The number of allylic oxidation sites excluding steroid dienone is 1. The lowest BCUT2D eigenvalue weighted by Gasteiger charge is -2.47. The Balaban J connectivity index is 1.06. The van der Waals surface area contributed by atoms with Crippen LogP contribution < -0.4 is 10.4 Å². The highest BCUT2D eigenvalue weighted by Crippen LogP contribution is 2.55. The van der Waals surface area contributed by atoms with Gasteiger partial charge in [-0.15, -0.1) is 0 Å². The second-order valence-electron chi connectivity index (χ2n) is 15.9. The molecule has 4 heterocycles. The van der Waals surface area contributed by atoms with Crippen molar-refractivity contribution in [3.05, 3.63) is 115 Å². The quantitative estimate of drug-likeness (QED) is 0.117. The predicted octanol–water partition coefficient (Wildman–Crippen LogP) is 7.09. The molecule has 0 aliphatic carbocycles. The van der Waals surface area contributed by atoms with Crippen LogP contribution >= 0.6 is 0 Å². The van der Waals surface area contributed by atoms with Crippen LogP contribution in [0.1, 0.15) is 66.2 Å². The van der Waals surface area contributed by atoms with E-state index in [1.807, 2.05) is 25.1 Å². The fraction of sp³-hybridized carbons (Fsp3) is 0.488. The molecule has 3 fully saturated rings. The Morgan fingerprint density at radius 1 is 0.887 bits per heavy atom. The van der Waals surface area contributed by atoms with Gasteiger partial charge < -0.3 is 28.1 Å². The zero-order valence-electron chi connectivity index (χ0n) is 31.6. The van der Waals surface area contributed by atoms with E-state index in [-0.39, 0.29) is 40.6 Å². The molecule has 53 heavy (non-hydrogen) atoms. The third kappa shape index (κ3) is 7.29. The van der Waals surface area contributed by atoms with Crippen LogP contribution in [-0.2, 0) is 37.9 Å². The van der Waals surface area contributed by atoms with Crippen molar-refractivity contribution in [1.29, 1.82) is 0 Å². The van der Waals surface area contributed by atoms with Gasteiger partial charge in [-0.1, -0.05) is 125 Å². The second kappa shape index (κ2) is 15.3. The molecule has 4 aliphatic heterocycles. The largest absolute Gasteiger partial charge is 0.407 e. The number of hydrogen-bond acceptors (Lipinski definition) is 8. The van der Waals surface area contributed by atoms with E-state index in [4.69, 9.17) is 28.1 Å². The molecule has 10 heteroatoms. The van der Waals surface area contributed by atoms with Crippen LogP contribution in [-0.4, -0.2) is 71.9 Å². The summed E-state index contributed by atoms with van der Waals surface area (Å²) in [5, 5.41) is 1.48. The molecular formula is C43H54O8SSi. The Hall–Kier alpha value is -2.93. The lowest BCUT2D eigenvalue weighted by atomic mass is 9.86. The molecule has 2 unspecified atom stereocenters. The fourth-order valence-electron chi connectivity index (χ4n) is 8.88. The highest BCUT2D eigenvalue weighted by molar-refractivity contribution is 7.92. The molecule has 8 nitrogen and oxygen atoms in total. The minimum absolute atomic E-state index is 0.0800. The van der Waals surface area contributed by atoms with Crippen LogP contribution in [0.5, 0.6) is 0 Å². The molecule has 0 N–H and O–H groups in total. The van der Waals surface area contributed by atoms with E-state index in [9.17, 15) is 8.42 Å². The van der Waals surface area contributed by atoms with Crippen molar-refractivity contribution in [2.24, 2.45) is 5.92 Å². The second-order valence-corrected chi connectivity index (χ2v) is 22.4. The number of rotatable bonds is 11. The molecular weight excluding hydrogens is 705 g/mol. The van der Waals surface area contributed by atoms with Crippen LogP contribution in [0.3, 0.4) is 0 Å². The van der Waals surface area contributed by atoms with E-state index >= 15 is 0 Å². The number of unbranched alkanes of at least 4 members (excludes halogenated alkanes) is 1. The molecule has 0 saturated carbocycles. The molecule has 8 atom stereocenters. The first-order valence-electron chi connectivity index (χ1n) is 19.0. The van der Waals surface area contributed by atoms with Crippen molar-refractivity contribution in [1.82, 2.24) is 0 Å². The van der Waals surface area contributed by atoms with Gasteiger partial charge in [0.05, 0.1) is 23.2 Å². The van der Waals surface area contributed by atoms with E-state index in [0.29, 0.717) is 25.9 Å². The molecule has 0 amide bonds. The number of benzene rings is 3. The SMILES string of the molecule is CO[C@H]1C[C@@H]2O[C@@]3(O[C@]4(C=CC[C@@H](/C=C/CCCO[Si](c5ccccc5)(c5ccccc5)C(C)(C)C)O4)CC3S(=O)(=O)c3ccccc3)C(C)C[C@@H]2O1. The zero-order valence-corrected chi connectivity index (χ0v) is 33.4. The van der Waals surface area contributed by atoms with E-state index < -0.39 is 41.3 Å². The van der Waals surface area contributed by atoms with Crippen LogP contribution in [0, 0.1) is 5.92 Å². The number of fused-ring (bicyclic) bond motifs is 1. The van der Waals surface area contributed by atoms with Crippen LogP contribution in [0.2, 0.25) is 5.04 Å². The van der Waals surface area contributed by atoms with Crippen LogP contribution in [0.4, 0.5) is 0 Å². The molecule has 0 radical (unpaired) electrons. The zero-order chi connectivity index (χ0) is 37.3. The maximum Gasteiger partial charge on any atom is 0.261 e. The predicted molar refractivity (Wildman–Crippen MR) is 208 cm³/mol. The molecule has 2 spiro atoms. The summed E-state index contributed by atoms with van der Waals surface area (Å²) >= 11 is 0. The van der Waals surface area contributed by atoms with Crippen molar-refractivity contribution in [3.8, 4) is 0 Å². The maximum atomic E-state index is 14.4. The third-order valence-corrected chi connectivity index (χ3v) is 18.6. The van der Waals surface area contributed by atoms with E-state index in [1.165, 1.54) is 10.4 Å². The summed E-state index contributed by atoms with van der Waals surface area (Å²) in [4.78, 5) is 0.247. The first-order chi connectivity index (χ1) is 25.4. The van der Waals surface area contributed by atoms with Gasteiger partial charge in [-0.2, -0.15) is 0 Å². The van der Waals surface area contributed by atoms with Crippen LogP contribution in [0.25, 0.3) is 0 Å². The molecule has 7 rings (SSSR count). The Morgan fingerprint density at radius 2 is 1.53 bits per heavy atom. The van der Waals surface area contributed by atoms with Crippen molar-refractivity contribution >= 4 is 28.5 Å². The number of methoxy groups -OCH3 is 1. The Labute approximate surface area is 316 Å². The van der Waals surface area contributed by atoms with Gasteiger partial charge in [0.2, 0.25) is 0 Å². The van der Waals surface area contributed by atoms with E-state index in [2.05, 4.69) is 93.6 Å². The Kier molecular flexibility index (Phi) is 11.1. The van der Waals surface area contributed by atoms with Gasteiger partial charge in [0.25, 0.3) is 8.32 Å². The molecule has 4 aliphatic rings. The van der Waals surface area contributed by atoms with Gasteiger partial charge in [0.1, 0.15) is 5.25 Å². The molecule has 3 aromatic carbocycles. The van der Waals surface area contributed by atoms with Gasteiger partial charge in [-0.25, -0.2) is 8.42 Å². The molecule has 0 bridgehead atoms. The highest BCUT2D eigenvalue weighted by atomic mass is 32.2. The summed E-state index contributed by atoms with van der Waals surface area (Å²) in [5.74, 6) is -2.96. The van der Waals surface area contributed by atoms with Crippen molar-refractivity contribution in [2.75, 3.05) is 13.7 Å². The van der Waals surface area contributed by atoms with Gasteiger partial charge in [-0.05, 0) is 59.3 Å². The van der Waals surface area contributed by atoms with Crippen molar-refractivity contribution in [2.45, 2.75) is 118 Å². The summed E-state index contributed by atoms with van der Waals surface area (Å²) in [6, 6.07) is 30.0. The van der Waals surface area contributed by atoms with Gasteiger partial charge in [-0.3, -0.25) is 0 Å². The highest BCUT2D eigenvalue weighted by Gasteiger charge is 2.68. The summed E-state index contributed by atoms with van der Waals surface area (Å²) in [6.07, 6.45) is 10.5. The first kappa shape index (κ1) is 38.3. The minimum Gasteiger partial charge on any atom is -0.407 e. The summed E-state index contributed by atoms with van der Waals surface area (Å²) in [6.45, 7) is 9.50. The van der Waals surface area contributed by atoms with Crippen molar-refractivity contribution < 1.29 is 36.5 Å². The molecule has 0 aromatic heterocycles. The minimum atomic E-state index is -3.88. The summed E-state index contributed by atoms with van der Waals surface area (Å²) in [7, 11) is -4.86. The number of sulfone groups is 1. The Bertz CT molecular complexity index is 1810. The lowest BCUT2D eigenvalue weighted by molar-refractivity contribution is -0.354. The average molecular weight is 759 g/mol. The van der Waals surface area contributed by atoms with Gasteiger partial charge >= 0.3 is 0 Å². The topological polar surface area (TPSA) is 89.5 Å².